The van der Waals surface area contributed by atoms with E-state index in [1.54, 1.807) is 6.07 Å². The van der Waals surface area contributed by atoms with Gasteiger partial charge in [-0.1, -0.05) is 11.6 Å². The number of fused-ring (bicyclic) bond motifs is 1. The van der Waals surface area contributed by atoms with Crippen LogP contribution in [0.15, 0.2) is 24.3 Å². The van der Waals surface area contributed by atoms with Crippen molar-refractivity contribution in [2.45, 2.75) is 52.0 Å². The zero-order valence-corrected chi connectivity index (χ0v) is 17.1. The first kappa shape index (κ1) is 18.7. The fourth-order valence-electron chi connectivity index (χ4n) is 3.34. The molecular weight excluding hydrogens is 376 g/mol. The predicted molar refractivity (Wildman–Crippen MR) is 110 cm³/mol. The number of hydrogen-bond acceptors (Lipinski definition) is 4. The molecule has 146 valence electrons. The van der Waals surface area contributed by atoms with Crippen molar-refractivity contribution in [3.05, 3.63) is 46.2 Å². The molecule has 0 atom stereocenters. The van der Waals surface area contributed by atoms with E-state index in [2.05, 4.69) is 31.2 Å². The van der Waals surface area contributed by atoms with Gasteiger partial charge in [-0.05, 0) is 64.8 Å². The third-order valence-electron chi connectivity index (χ3n) is 4.92. The molecule has 7 heteroatoms. The summed E-state index contributed by atoms with van der Waals surface area (Å²) in [5, 5.41) is 18.7. The maximum absolute atomic E-state index is 13.2. The van der Waals surface area contributed by atoms with Gasteiger partial charge in [-0.25, -0.2) is 9.67 Å². The number of aromatic nitrogens is 3. The number of phenolic OH excluding ortho intramolecular Hbond substituents is 1. The average molecular weight is 399 g/mol. The lowest BCUT2D eigenvalue weighted by molar-refractivity contribution is 0.102. The molecule has 0 aliphatic heterocycles. The number of hydrogen-bond donors (Lipinski definition) is 2. The van der Waals surface area contributed by atoms with Gasteiger partial charge in [0.15, 0.2) is 5.65 Å². The van der Waals surface area contributed by atoms with Crippen LogP contribution in [0.5, 0.6) is 5.75 Å². The Balaban J connectivity index is 1.86. The maximum Gasteiger partial charge on any atom is 0.256 e. The van der Waals surface area contributed by atoms with E-state index in [9.17, 15) is 9.90 Å². The van der Waals surface area contributed by atoms with Crippen molar-refractivity contribution in [2.24, 2.45) is 0 Å². The number of aryl methyl sites for hydroxylation is 1. The topological polar surface area (TPSA) is 80.0 Å². The second-order valence-electron chi connectivity index (χ2n) is 8.35. The Morgan fingerprint density at radius 3 is 2.64 bits per heavy atom. The van der Waals surface area contributed by atoms with E-state index < -0.39 is 0 Å². The smallest absolute Gasteiger partial charge is 0.256 e. The molecule has 0 radical (unpaired) electrons. The van der Waals surface area contributed by atoms with Gasteiger partial charge in [0.25, 0.3) is 5.91 Å². The van der Waals surface area contributed by atoms with E-state index in [1.165, 1.54) is 12.1 Å². The number of phenols is 1. The molecule has 1 fully saturated rings. The molecule has 1 saturated carbocycles. The summed E-state index contributed by atoms with van der Waals surface area (Å²) in [4.78, 5) is 18.0. The molecule has 3 aromatic rings. The van der Waals surface area contributed by atoms with Crippen LogP contribution in [0.3, 0.4) is 0 Å². The molecule has 1 aliphatic carbocycles. The molecule has 1 amide bonds. The fourth-order valence-corrected chi connectivity index (χ4v) is 3.51. The molecule has 2 N–H and O–H groups in total. The molecule has 1 aliphatic rings. The number of rotatable bonds is 3. The standard InChI is InChI=1S/C21H23ClN4O2/c1-11-18-14(20(28)24-16-9-13(22)7-8-17(16)27)10-15(12-5-6-12)23-19(18)26(25-11)21(2,3)4/h7-10,12,27H,5-6H2,1-4H3,(H,24,28). The summed E-state index contributed by atoms with van der Waals surface area (Å²) in [6, 6.07) is 6.41. The van der Waals surface area contributed by atoms with Crippen LogP contribution >= 0.6 is 11.6 Å². The first-order chi connectivity index (χ1) is 13.1. The maximum atomic E-state index is 13.2. The summed E-state index contributed by atoms with van der Waals surface area (Å²) < 4.78 is 1.89. The Morgan fingerprint density at radius 2 is 2.00 bits per heavy atom. The van der Waals surface area contributed by atoms with Crippen LogP contribution in [0, 0.1) is 6.92 Å². The molecule has 2 heterocycles. The zero-order valence-electron chi connectivity index (χ0n) is 16.4. The molecule has 1 aromatic carbocycles. The predicted octanol–water partition coefficient (Wildman–Crippen LogP) is 4.98. The summed E-state index contributed by atoms with van der Waals surface area (Å²) in [6.07, 6.45) is 2.16. The summed E-state index contributed by atoms with van der Waals surface area (Å²) in [5.74, 6) is 0.0372. The van der Waals surface area contributed by atoms with Crippen molar-refractivity contribution < 1.29 is 9.90 Å². The number of carbonyl (C=O) groups is 1. The van der Waals surface area contributed by atoms with Gasteiger partial charge in [-0.3, -0.25) is 4.79 Å². The molecule has 4 rings (SSSR count). The normalized spacial score (nSPS) is 14.5. The van der Waals surface area contributed by atoms with Crippen LogP contribution in [0.25, 0.3) is 11.0 Å². The van der Waals surface area contributed by atoms with Gasteiger partial charge in [0.05, 0.1) is 27.9 Å². The van der Waals surface area contributed by atoms with Crippen LogP contribution in [-0.2, 0) is 5.54 Å². The summed E-state index contributed by atoms with van der Waals surface area (Å²) in [5.41, 5.74) is 2.91. The minimum atomic E-state index is -0.316. The highest BCUT2D eigenvalue weighted by atomic mass is 35.5. The Hall–Kier alpha value is -2.60. The van der Waals surface area contributed by atoms with Gasteiger partial charge in [-0.15, -0.1) is 0 Å². The van der Waals surface area contributed by atoms with E-state index in [4.69, 9.17) is 16.6 Å². The lowest BCUT2D eigenvalue weighted by Crippen LogP contribution is -2.23. The number of pyridine rings is 1. The SMILES string of the molecule is Cc1nn(C(C)(C)C)c2nc(C3CC3)cc(C(=O)Nc3cc(Cl)ccc3O)c12. The lowest BCUT2D eigenvalue weighted by atomic mass is 10.1. The van der Waals surface area contributed by atoms with E-state index >= 15 is 0 Å². The Kier molecular flexibility index (Phi) is 4.34. The molecule has 0 spiro atoms. The minimum Gasteiger partial charge on any atom is -0.506 e. The number of nitrogens with zero attached hydrogens (tertiary/aromatic N) is 3. The average Bonchev–Trinajstić information content (AvgIpc) is 3.40. The van der Waals surface area contributed by atoms with E-state index in [0.29, 0.717) is 16.5 Å². The highest BCUT2D eigenvalue weighted by Gasteiger charge is 2.30. The molecule has 28 heavy (non-hydrogen) atoms. The highest BCUT2D eigenvalue weighted by molar-refractivity contribution is 6.31. The van der Waals surface area contributed by atoms with Crippen molar-refractivity contribution in [1.82, 2.24) is 14.8 Å². The minimum absolute atomic E-state index is 0.0347. The number of nitrogens with one attached hydrogen (secondary N) is 1. The van der Waals surface area contributed by atoms with Crippen molar-refractivity contribution >= 4 is 34.2 Å². The second kappa shape index (κ2) is 6.48. The number of halogens is 1. The van der Waals surface area contributed by atoms with E-state index in [1.807, 2.05) is 17.7 Å². The van der Waals surface area contributed by atoms with Crippen LogP contribution < -0.4 is 5.32 Å². The summed E-state index contributed by atoms with van der Waals surface area (Å²) >= 11 is 6.01. The molecular formula is C21H23ClN4O2. The van der Waals surface area contributed by atoms with Crippen molar-refractivity contribution in [3.63, 3.8) is 0 Å². The van der Waals surface area contributed by atoms with Crippen LogP contribution in [0.4, 0.5) is 5.69 Å². The number of anilines is 1. The molecule has 0 unspecified atom stereocenters. The Morgan fingerprint density at radius 1 is 1.29 bits per heavy atom. The number of amides is 1. The largest absolute Gasteiger partial charge is 0.506 e. The van der Waals surface area contributed by atoms with Gasteiger partial charge in [-0.2, -0.15) is 5.10 Å². The van der Waals surface area contributed by atoms with Gasteiger partial charge < -0.3 is 10.4 Å². The fraction of sp³-hybridized carbons (Fsp3) is 0.381. The molecule has 6 nitrogen and oxygen atoms in total. The number of benzene rings is 1. The van der Waals surface area contributed by atoms with Crippen LogP contribution in [-0.4, -0.2) is 25.8 Å². The second-order valence-corrected chi connectivity index (χ2v) is 8.79. The van der Waals surface area contributed by atoms with Crippen molar-refractivity contribution in [3.8, 4) is 5.75 Å². The lowest BCUT2D eigenvalue weighted by Gasteiger charge is -2.20. The Labute approximate surface area is 168 Å². The van der Waals surface area contributed by atoms with E-state index in [0.717, 1.165) is 35.3 Å². The van der Waals surface area contributed by atoms with Crippen molar-refractivity contribution in [2.75, 3.05) is 5.32 Å². The van der Waals surface area contributed by atoms with Crippen LogP contribution in [0.2, 0.25) is 5.02 Å². The van der Waals surface area contributed by atoms with Gasteiger partial charge in [0.2, 0.25) is 0 Å². The zero-order chi connectivity index (χ0) is 20.2. The van der Waals surface area contributed by atoms with Crippen molar-refractivity contribution in [1.29, 1.82) is 0 Å². The molecule has 0 saturated heterocycles. The monoisotopic (exact) mass is 398 g/mol. The van der Waals surface area contributed by atoms with E-state index in [-0.39, 0.29) is 22.9 Å². The first-order valence-corrected chi connectivity index (χ1v) is 9.73. The first-order valence-electron chi connectivity index (χ1n) is 9.36. The van der Waals surface area contributed by atoms with Gasteiger partial charge in [0, 0.05) is 16.6 Å². The molecule has 2 aromatic heterocycles. The van der Waals surface area contributed by atoms with Gasteiger partial charge >= 0.3 is 0 Å². The third-order valence-corrected chi connectivity index (χ3v) is 5.15. The van der Waals surface area contributed by atoms with Crippen LogP contribution in [0.1, 0.15) is 61.3 Å². The summed E-state index contributed by atoms with van der Waals surface area (Å²) in [6.45, 7) is 8.08. The molecule has 0 bridgehead atoms. The van der Waals surface area contributed by atoms with Gasteiger partial charge in [0.1, 0.15) is 5.75 Å². The third kappa shape index (κ3) is 3.33. The summed E-state index contributed by atoms with van der Waals surface area (Å²) in [7, 11) is 0. The number of aromatic hydroxyl groups is 1. The number of carbonyl (C=O) groups excluding carboxylic acids is 1. The quantitative estimate of drug-likeness (QED) is 0.609. The highest BCUT2D eigenvalue weighted by Crippen LogP contribution is 2.41. The Bertz CT molecular complexity index is 1090.